The van der Waals surface area contributed by atoms with Crippen LogP contribution in [0.15, 0.2) is 0 Å². The fraction of sp³-hybridized carbons (Fsp3) is 0.846. The van der Waals surface area contributed by atoms with Crippen LogP contribution >= 0.6 is 0 Å². The molecule has 1 aliphatic rings. The highest BCUT2D eigenvalue weighted by molar-refractivity contribution is 5.82. The van der Waals surface area contributed by atoms with Crippen LogP contribution in [-0.4, -0.2) is 42.9 Å². The van der Waals surface area contributed by atoms with Crippen molar-refractivity contribution in [3.63, 3.8) is 0 Å². The molecule has 0 heterocycles. The summed E-state index contributed by atoms with van der Waals surface area (Å²) in [5.74, 6) is -0.284. The minimum atomic E-state index is -0.992. The van der Waals surface area contributed by atoms with Gasteiger partial charge in [0, 0.05) is 13.2 Å². The summed E-state index contributed by atoms with van der Waals surface area (Å²) in [5, 5.41) is 14.0. The van der Waals surface area contributed by atoms with Crippen molar-refractivity contribution in [1.82, 2.24) is 10.6 Å². The number of hydrogen-bond acceptors (Lipinski definition) is 3. The predicted octanol–water partition coefficient (Wildman–Crippen LogP) is 1.36. The van der Waals surface area contributed by atoms with Gasteiger partial charge in [-0.2, -0.15) is 0 Å². The Morgan fingerprint density at radius 1 is 1.42 bits per heavy atom. The number of unbranched alkanes of at least 4 members (excludes halogenated alkanes) is 1. The minimum Gasteiger partial charge on any atom is -0.480 e. The molecule has 0 radical (unpaired) electrons. The fourth-order valence-electron chi connectivity index (χ4n) is 1.65. The van der Waals surface area contributed by atoms with Crippen LogP contribution in [0.4, 0.5) is 4.79 Å². The lowest BCUT2D eigenvalue weighted by atomic mass is 10.1. The van der Waals surface area contributed by atoms with E-state index in [1.807, 2.05) is 6.92 Å². The Kier molecular flexibility index (Phi) is 7.25. The van der Waals surface area contributed by atoms with Crippen molar-refractivity contribution in [2.75, 3.05) is 19.8 Å². The van der Waals surface area contributed by atoms with E-state index in [4.69, 9.17) is 9.84 Å². The van der Waals surface area contributed by atoms with Gasteiger partial charge in [-0.15, -0.1) is 0 Å². The first-order valence-electron chi connectivity index (χ1n) is 6.98. The fourth-order valence-corrected chi connectivity index (χ4v) is 1.65. The second-order valence-electron chi connectivity index (χ2n) is 4.95. The van der Waals surface area contributed by atoms with Crippen molar-refractivity contribution in [3.05, 3.63) is 0 Å². The van der Waals surface area contributed by atoms with E-state index in [2.05, 4.69) is 10.6 Å². The van der Waals surface area contributed by atoms with E-state index in [1.165, 1.54) is 12.8 Å². The van der Waals surface area contributed by atoms with E-state index >= 15 is 0 Å². The number of carbonyl (C=O) groups excluding carboxylic acids is 1. The lowest BCUT2D eigenvalue weighted by molar-refractivity contribution is -0.139. The highest BCUT2D eigenvalue weighted by Gasteiger charge is 2.21. The summed E-state index contributed by atoms with van der Waals surface area (Å²) >= 11 is 0. The van der Waals surface area contributed by atoms with E-state index < -0.39 is 18.0 Å². The second kappa shape index (κ2) is 8.74. The molecule has 1 saturated carbocycles. The van der Waals surface area contributed by atoms with E-state index in [0.717, 1.165) is 19.4 Å². The van der Waals surface area contributed by atoms with Gasteiger partial charge in [0.1, 0.15) is 6.04 Å². The largest absolute Gasteiger partial charge is 0.480 e. The zero-order valence-corrected chi connectivity index (χ0v) is 11.5. The predicted molar refractivity (Wildman–Crippen MR) is 71.0 cm³/mol. The van der Waals surface area contributed by atoms with Gasteiger partial charge in [0.2, 0.25) is 0 Å². The van der Waals surface area contributed by atoms with Crippen LogP contribution in [0.25, 0.3) is 0 Å². The minimum absolute atomic E-state index is 0.401. The quantitative estimate of drug-likeness (QED) is 0.524. The van der Waals surface area contributed by atoms with Crippen molar-refractivity contribution in [3.8, 4) is 0 Å². The topological polar surface area (TPSA) is 87.7 Å². The number of hydrogen-bond donors (Lipinski definition) is 3. The summed E-state index contributed by atoms with van der Waals surface area (Å²) in [6, 6.07) is -1.26. The molecule has 3 N–H and O–H groups in total. The molecule has 0 saturated heterocycles. The lowest BCUT2D eigenvalue weighted by Crippen LogP contribution is -2.46. The zero-order chi connectivity index (χ0) is 14.1. The van der Waals surface area contributed by atoms with Gasteiger partial charge in [0.15, 0.2) is 0 Å². The molecule has 6 nitrogen and oxygen atoms in total. The molecule has 2 amide bonds. The molecule has 0 aromatic carbocycles. The monoisotopic (exact) mass is 272 g/mol. The van der Waals surface area contributed by atoms with Gasteiger partial charge in [0.25, 0.3) is 0 Å². The standard InChI is InChI=1S/C13H24N2O4/c1-2-3-4-11(12(16)17)15-13(18)14-7-8-19-9-10-5-6-10/h10-11H,2-9H2,1H3,(H,16,17)(H2,14,15,18)/t11-/m0/s1. The van der Waals surface area contributed by atoms with Crippen molar-refractivity contribution >= 4 is 12.0 Å². The molecule has 6 heteroatoms. The molecule has 0 aromatic rings. The summed E-state index contributed by atoms with van der Waals surface area (Å²) in [6.45, 7) is 3.61. The molecule has 1 aliphatic carbocycles. The maximum atomic E-state index is 11.5. The van der Waals surface area contributed by atoms with Gasteiger partial charge in [-0.3, -0.25) is 0 Å². The molecule has 0 unspecified atom stereocenters. The van der Waals surface area contributed by atoms with E-state index in [1.54, 1.807) is 0 Å². The third-order valence-corrected chi connectivity index (χ3v) is 3.03. The van der Waals surface area contributed by atoms with Crippen LogP contribution in [0.5, 0.6) is 0 Å². The summed E-state index contributed by atoms with van der Waals surface area (Å²) < 4.78 is 5.37. The molecular weight excluding hydrogens is 248 g/mol. The Hall–Kier alpha value is -1.30. The third-order valence-electron chi connectivity index (χ3n) is 3.03. The normalized spacial score (nSPS) is 15.8. The first kappa shape index (κ1) is 15.8. The van der Waals surface area contributed by atoms with Crippen LogP contribution in [0.3, 0.4) is 0 Å². The van der Waals surface area contributed by atoms with Crippen LogP contribution in [0.1, 0.15) is 39.0 Å². The van der Waals surface area contributed by atoms with Gasteiger partial charge < -0.3 is 20.5 Å². The summed E-state index contributed by atoms with van der Waals surface area (Å²) in [5.41, 5.74) is 0. The molecule has 19 heavy (non-hydrogen) atoms. The molecule has 0 spiro atoms. The van der Waals surface area contributed by atoms with Crippen molar-refractivity contribution in [2.24, 2.45) is 5.92 Å². The van der Waals surface area contributed by atoms with Crippen molar-refractivity contribution in [1.29, 1.82) is 0 Å². The maximum absolute atomic E-state index is 11.5. The Morgan fingerprint density at radius 3 is 2.74 bits per heavy atom. The number of carboxylic acids is 1. The van der Waals surface area contributed by atoms with Crippen LogP contribution in [0.2, 0.25) is 0 Å². The highest BCUT2D eigenvalue weighted by Crippen LogP contribution is 2.28. The third kappa shape index (κ3) is 7.66. The maximum Gasteiger partial charge on any atom is 0.326 e. The van der Waals surface area contributed by atoms with Crippen LogP contribution < -0.4 is 10.6 Å². The van der Waals surface area contributed by atoms with E-state index in [-0.39, 0.29) is 0 Å². The number of carboxylic acid groups (broad SMARTS) is 1. The Morgan fingerprint density at radius 2 is 2.16 bits per heavy atom. The van der Waals surface area contributed by atoms with Gasteiger partial charge >= 0.3 is 12.0 Å². The number of aliphatic carboxylic acids is 1. The highest BCUT2D eigenvalue weighted by atomic mass is 16.5. The molecule has 1 fully saturated rings. The first-order valence-corrected chi connectivity index (χ1v) is 6.98. The Bertz CT molecular complexity index is 292. The number of ether oxygens (including phenoxy) is 1. The van der Waals surface area contributed by atoms with Gasteiger partial charge in [-0.1, -0.05) is 19.8 Å². The molecular formula is C13H24N2O4. The van der Waals surface area contributed by atoms with Gasteiger partial charge in [0.05, 0.1) is 6.61 Å². The van der Waals surface area contributed by atoms with Crippen LogP contribution in [0, 0.1) is 5.92 Å². The van der Waals surface area contributed by atoms with Gasteiger partial charge in [-0.05, 0) is 25.2 Å². The SMILES string of the molecule is CCCC[C@H](NC(=O)NCCOCC1CC1)C(=O)O. The van der Waals surface area contributed by atoms with Crippen molar-refractivity contribution < 1.29 is 19.4 Å². The summed E-state index contributed by atoms with van der Waals surface area (Å²) in [4.78, 5) is 22.4. The lowest BCUT2D eigenvalue weighted by Gasteiger charge is -2.14. The molecule has 1 atom stereocenters. The average Bonchev–Trinajstić information content (AvgIpc) is 3.17. The van der Waals surface area contributed by atoms with E-state index in [9.17, 15) is 9.59 Å². The summed E-state index contributed by atoms with van der Waals surface area (Å²) in [7, 11) is 0. The van der Waals surface area contributed by atoms with Gasteiger partial charge in [-0.25, -0.2) is 9.59 Å². The zero-order valence-electron chi connectivity index (χ0n) is 11.5. The molecule has 0 aromatic heterocycles. The smallest absolute Gasteiger partial charge is 0.326 e. The first-order chi connectivity index (χ1) is 9.13. The van der Waals surface area contributed by atoms with E-state index in [0.29, 0.717) is 25.5 Å². The number of amides is 2. The molecule has 1 rings (SSSR count). The summed E-state index contributed by atoms with van der Waals surface area (Å²) in [6.07, 6.45) is 4.62. The molecule has 0 aliphatic heterocycles. The number of nitrogens with one attached hydrogen (secondary N) is 2. The Labute approximate surface area is 113 Å². The second-order valence-corrected chi connectivity index (χ2v) is 4.95. The average molecular weight is 272 g/mol. The number of rotatable bonds is 10. The van der Waals surface area contributed by atoms with Crippen LogP contribution in [-0.2, 0) is 9.53 Å². The number of carbonyl (C=O) groups is 2. The molecule has 110 valence electrons. The Balaban J connectivity index is 2.06. The van der Waals surface area contributed by atoms with Crippen molar-refractivity contribution in [2.45, 2.75) is 45.1 Å². The number of urea groups is 1. The molecule has 0 bridgehead atoms.